The van der Waals surface area contributed by atoms with Crippen molar-refractivity contribution in [3.8, 4) is 0 Å². The number of hydrogen-bond donors (Lipinski definition) is 4. The van der Waals surface area contributed by atoms with Gasteiger partial charge in [0.05, 0.1) is 0 Å². The van der Waals surface area contributed by atoms with Crippen molar-refractivity contribution in [1.82, 2.24) is 5.20 Å². The number of anilines is 1. The van der Waals surface area contributed by atoms with E-state index in [1.54, 1.807) is 5.20 Å². The second kappa shape index (κ2) is 3.85. The van der Waals surface area contributed by atoms with Gasteiger partial charge in [-0.1, -0.05) is 0 Å². The van der Waals surface area contributed by atoms with Crippen LogP contribution in [0.3, 0.4) is 0 Å². The zero-order valence-corrected chi connectivity index (χ0v) is 7.33. The summed E-state index contributed by atoms with van der Waals surface area (Å²) in [6, 6.07) is 5.03. The van der Waals surface area contributed by atoms with Gasteiger partial charge in [-0.3, -0.25) is 0 Å². The molecule has 0 aliphatic carbocycles. The zero-order valence-electron chi connectivity index (χ0n) is 6.44. The van der Waals surface area contributed by atoms with Crippen molar-refractivity contribution in [2.45, 2.75) is 0 Å². The van der Waals surface area contributed by atoms with Crippen LogP contribution in [0, 0.1) is 5.82 Å². The Morgan fingerprint density at radius 1 is 1.23 bits per heavy atom. The fourth-order valence-corrected chi connectivity index (χ4v) is 0.945. The first-order valence-corrected chi connectivity index (χ1v) is 4.93. The van der Waals surface area contributed by atoms with Gasteiger partial charge in [0.1, 0.15) is 5.82 Å². The molecule has 1 rings (SSSR count). The van der Waals surface area contributed by atoms with Crippen LogP contribution < -0.4 is 10.6 Å². The SMILES string of the molecule is O=P(O)(O)NNc1ccc(F)cc1. The van der Waals surface area contributed by atoms with Gasteiger partial charge in [0, 0.05) is 5.69 Å². The Morgan fingerprint density at radius 2 is 1.77 bits per heavy atom. The molecule has 13 heavy (non-hydrogen) atoms. The van der Waals surface area contributed by atoms with Gasteiger partial charge in [-0.05, 0) is 24.3 Å². The number of benzene rings is 1. The van der Waals surface area contributed by atoms with Crippen molar-refractivity contribution in [3.05, 3.63) is 30.1 Å². The van der Waals surface area contributed by atoms with Gasteiger partial charge >= 0.3 is 7.75 Å². The molecule has 0 fully saturated rings. The van der Waals surface area contributed by atoms with Crippen molar-refractivity contribution in [2.75, 3.05) is 5.43 Å². The number of nitrogens with one attached hydrogen (secondary N) is 2. The van der Waals surface area contributed by atoms with Crippen LogP contribution in [0.4, 0.5) is 10.1 Å². The molecule has 0 aliphatic heterocycles. The van der Waals surface area contributed by atoms with E-state index < -0.39 is 13.6 Å². The summed E-state index contributed by atoms with van der Waals surface area (Å²) < 4.78 is 22.7. The molecular weight excluding hydrogens is 198 g/mol. The third-order valence-electron chi connectivity index (χ3n) is 1.19. The average Bonchev–Trinajstić information content (AvgIpc) is 2.02. The standard InChI is InChI=1S/C6H8FN2O3P/c7-5-1-3-6(4-2-5)8-9-13(10,11)12/h1-4,8H,(H3,9,10,11,12). The monoisotopic (exact) mass is 206 g/mol. The Kier molecular flexibility index (Phi) is 3.00. The lowest BCUT2D eigenvalue weighted by atomic mass is 10.3. The van der Waals surface area contributed by atoms with Crippen LogP contribution in [0.2, 0.25) is 0 Å². The third-order valence-corrected chi connectivity index (χ3v) is 1.59. The summed E-state index contributed by atoms with van der Waals surface area (Å²) in [5.41, 5.74) is 2.60. The maximum atomic E-state index is 12.4. The Balaban J connectivity index is 2.56. The van der Waals surface area contributed by atoms with Gasteiger partial charge < -0.3 is 15.2 Å². The molecule has 0 unspecified atom stereocenters. The molecule has 72 valence electrons. The molecule has 0 atom stereocenters. The Bertz CT molecular complexity index is 323. The maximum Gasteiger partial charge on any atom is 0.417 e. The lowest BCUT2D eigenvalue weighted by Crippen LogP contribution is -2.17. The summed E-state index contributed by atoms with van der Waals surface area (Å²) in [5.74, 6) is -0.415. The molecule has 0 heterocycles. The zero-order chi connectivity index (χ0) is 9.90. The van der Waals surface area contributed by atoms with Gasteiger partial charge in [0.25, 0.3) is 0 Å². The van der Waals surface area contributed by atoms with Crippen LogP contribution in [-0.4, -0.2) is 9.79 Å². The molecule has 0 amide bonds. The van der Waals surface area contributed by atoms with E-state index in [0.717, 1.165) is 0 Å². The minimum atomic E-state index is -4.30. The normalized spacial score (nSPS) is 11.3. The highest BCUT2D eigenvalue weighted by Gasteiger charge is 2.10. The van der Waals surface area contributed by atoms with Crippen LogP contribution in [-0.2, 0) is 4.57 Å². The second-order valence-electron chi connectivity index (χ2n) is 2.29. The summed E-state index contributed by atoms with van der Waals surface area (Å²) in [6.45, 7) is 0. The van der Waals surface area contributed by atoms with Crippen LogP contribution >= 0.6 is 7.75 Å². The lowest BCUT2D eigenvalue weighted by molar-refractivity contribution is 0.362. The summed E-state index contributed by atoms with van der Waals surface area (Å²) in [7, 11) is -4.30. The predicted molar refractivity (Wildman–Crippen MR) is 45.2 cm³/mol. The van der Waals surface area contributed by atoms with Gasteiger partial charge in [0.2, 0.25) is 0 Å². The van der Waals surface area contributed by atoms with Crippen LogP contribution in [0.15, 0.2) is 24.3 Å². The largest absolute Gasteiger partial charge is 0.417 e. The molecule has 0 spiro atoms. The molecule has 4 N–H and O–H groups in total. The van der Waals surface area contributed by atoms with Gasteiger partial charge in [-0.15, -0.1) is 5.20 Å². The molecule has 1 aromatic carbocycles. The van der Waals surface area contributed by atoms with E-state index in [-0.39, 0.29) is 0 Å². The topological polar surface area (TPSA) is 81.6 Å². The van der Waals surface area contributed by atoms with Gasteiger partial charge in [-0.2, -0.15) is 0 Å². The molecular formula is C6H8FN2O3P. The molecule has 0 saturated heterocycles. The minimum Gasteiger partial charge on any atom is -0.312 e. The lowest BCUT2D eigenvalue weighted by Gasteiger charge is -2.08. The summed E-state index contributed by atoms with van der Waals surface area (Å²) in [5, 5.41) is 1.75. The van der Waals surface area contributed by atoms with E-state index in [0.29, 0.717) is 5.69 Å². The number of hydrazine groups is 1. The maximum absolute atomic E-state index is 12.4. The summed E-state index contributed by atoms with van der Waals surface area (Å²) in [6.07, 6.45) is 0. The molecule has 5 nitrogen and oxygen atoms in total. The molecule has 0 bridgehead atoms. The molecule has 1 aromatic rings. The summed E-state index contributed by atoms with van der Waals surface area (Å²) >= 11 is 0. The van der Waals surface area contributed by atoms with Gasteiger partial charge in [-0.25, -0.2) is 8.96 Å². The van der Waals surface area contributed by atoms with Crippen LogP contribution in [0.5, 0.6) is 0 Å². The molecule has 0 saturated carbocycles. The number of hydrogen-bond acceptors (Lipinski definition) is 2. The number of halogens is 1. The van der Waals surface area contributed by atoms with E-state index in [1.807, 2.05) is 0 Å². The van der Waals surface area contributed by atoms with Crippen molar-refractivity contribution in [3.63, 3.8) is 0 Å². The fraction of sp³-hybridized carbons (Fsp3) is 0. The van der Waals surface area contributed by atoms with E-state index in [9.17, 15) is 8.96 Å². The number of rotatable bonds is 3. The first kappa shape index (κ1) is 10.1. The fourth-order valence-electron chi connectivity index (χ4n) is 0.671. The highest BCUT2D eigenvalue weighted by Crippen LogP contribution is 2.27. The average molecular weight is 206 g/mol. The van der Waals surface area contributed by atoms with Crippen molar-refractivity contribution < 1.29 is 18.7 Å². The molecule has 0 aliphatic rings. The van der Waals surface area contributed by atoms with Crippen molar-refractivity contribution in [2.24, 2.45) is 0 Å². The Morgan fingerprint density at radius 3 is 2.23 bits per heavy atom. The van der Waals surface area contributed by atoms with E-state index >= 15 is 0 Å². The van der Waals surface area contributed by atoms with Crippen molar-refractivity contribution in [1.29, 1.82) is 0 Å². The van der Waals surface area contributed by atoms with Crippen molar-refractivity contribution >= 4 is 13.4 Å². The van der Waals surface area contributed by atoms with Gasteiger partial charge in [0.15, 0.2) is 0 Å². The quantitative estimate of drug-likeness (QED) is 0.435. The molecule has 0 radical (unpaired) electrons. The van der Waals surface area contributed by atoms with Crippen LogP contribution in [0.1, 0.15) is 0 Å². The Hall–Kier alpha value is -0.940. The second-order valence-corrected chi connectivity index (χ2v) is 3.60. The highest BCUT2D eigenvalue weighted by molar-refractivity contribution is 7.49. The van der Waals surface area contributed by atoms with E-state index in [2.05, 4.69) is 5.43 Å². The third kappa shape index (κ3) is 4.00. The van der Waals surface area contributed by atoms with E-state index in [1.165, 1.54) is 24.3 Å². The minimum absolute atomic E-state index is 0.365. The smallest absolute Gasteiger partial charge is 0.312 e. The molecule has 0 aromatic heterocycles. The highest BCUT2D eigenvalue weighted by atomic mass is 31.2. The van der Waals surface area contributed by atoms with E-state index in [4.69, 9.17) is 9.79 Å². The summed E-state index contributed by atoms with van der Waals surface area (Å²) in [4.78, 5) is 16.8. The first-order chi connectivity index (χ1) is 5.97. The predicted octanol–water partition coefficient (Wildman–Crippen LogP) is 0.835. The molecule has 7 heteroatoms. The van der Waals surface area contributed by atoms with Crippen LogP contribution in [0.25, 0.3) is 0 Å². The Labute approximate surface area is 73.8 Å². The first-order valence-electron chi connectivity index (χ1n) is 3.32.